The van der Waals surface area contributed by atoms with Crippen LogP contribution >= 0.6 is 22.9 Å². The number of hydrogen-bond acceptors (Lipinski definition) is 1. The lowest BCUT2D eigenvalue weighted by Gasteiger charge is -2.09. The van der Waals surface area contributed by atoms with E-state index in [1.54, 1.807) is 0 Å². The van der Waals surface area contributed by atoms with Crippen molar-refractivity contribution in [2.24, 2.45) is 0 Å². The van der Waals surface area contributed by atoms with E-state index in [0.29, 0.717) is 5.92 Å². The smallest absolute Gasteiger partial charge is 0.0560 e. The molecule has 0 aliphatic heterocycles. The summed E-state index contributed by atoms with van der Waals surface area (Å²) in [7, 11) is 0. The second kappa shape index (κ2) is 4.12. The zero-order valence-electron chi connectivity index (χ0n) is 7.69. The van der Waals surface area contributed by atoms with Crippen LogP contribution in [0, 0.1) is 6.92 Å². The van der Waals surface area contributed by atoms with Gasteiger partial charge in [0.05, 0.1) is 22.9 Å². The normalized spacial score (nSPS) is 10.4. The van der Waals surface area contributed by atoms with Crippen molar-refractivity contribution in [2.75, 3.05) is 3.53 Å². The lowest BCUT2D eigenvalue weighted by molar-refractivity contribution is 0.867. The van der Waals surface area contributed by atoms with Gasteiger partial charge in [-0.05, 0) is 30.0 Å². The topological polar surface area (TPSA) is 12.0 Å². The third kappa shape index (κ3) is 2.12. The maximum Gasteiger partial charge on any atom is 0.0560 e. The molecule has 12 heavy (non-hydrogen) atoms. The molecule has 0 aromatic heterocycles. The van der Waals surface area contributed by atoms with Gasteiger partial charge in [-0.25, -0.2) is 0 Å². The molecule has 0 saturated heterocycles. The third-order valence-corrected chi connectivity index (χ3v) is 2.61. The van der Waals surface area contributed by atoms with Crippen molar-refractivity contribution in [3.63, 3.8) is 0 Å². The number of anilines is 1. The molecule has 0 radical (unpaired) electrons. The number of halogens is 1. The molecule has 0 bridgehead atoms. The second-order valence-electron chi connectivity index (χ2n) is 3.32. The van der Waals surface area contributed by atoms with Crippen LogP contribution in [0.1, 0.15) is 30.9 Å². The summed E-state index contributed by atoms with van der Waals surface area (Å²) in [6.07, 6.45) is 0. The number of benzene rings is 1. The highest BCUT2D eigenvalue weighted by Crippen LogP contribution is 2.22. The summed E-state index contributed by atoms with van der Waals surface area (Å²) in [5.74, 6) is 0.606. The van der Waals surface area contributed by atoms with Gasteiger partial charge >= 0.3 is 0 Å². The molecule has 0 amide bonds. The van der Waals surface area contributed by atoms with Crippen LogP contribution in [0.15, 0.2) is 18.2 Å². The highest BCUT2D eigenvalue weighted by molar-refractivity contribution is 14.1. The van der Waals surface area contributed by atoms with Gasteiger partial charge in [-0.15, -0.1) is 0 Å². The maximum absolute atomic E-state index is 3.16. The maximum atomic E-state index is 3.16. The highest BCUT2D eigenvalue weighted by atomic mass is 127. The Morgan fingerprint density at radius 1 is 1.33 bits per heavy atom. The van der Waals surface area contributed by atoms with Crippen molar-refractivity contribution in [2.45, 2.75) is 26.7 Å². The van der Waals surface area contributed by atoms with Crippen LogP contribution in [0.25, 0.3) is 0 Å². The van der Waals surface area contributed by atoms with Crippen molar-refractivity contribution < 1.29 is 0 Å². The van der Waals surface area contributed by atoms with Crippen LogP contribution in [0.5, 0.6) is 0 Å². The molecule has 1 aromatic carbocycles. The number of aryl methyl sites for hydroxylation is 1. The minimum absolute atomic E-state index is 0.606. The van der Waals surface area contributed by atoms with Gasteiger partial charge in [-0.2, -0.15) is 0 Å². The van der Waals surface area contributed by atoms with Crippen molar-refractivity contribution in [3.05, 3.63) is 29.3 Å². The SMILES string of the molecule is Cc1ccc(C(C)C)cc1NI. The minimum atomic E-state index is 0.606. The summed E-state index contributed by atoms with van der Waals surface area (Å²) >= 11 is 2.17. The second-order valence-corrected chi connectivity index (χ2v) is 3.86. The predicted molar refractivity (Wildman–Crippen MR) is 62.9 cm³/mol. The zero-order valence-corrected chi connectivity index (χ0v) is 9.84. The van der Waals surface area contributed by atoms with Crippen LogP contribution in [0.2, 0.25) is 0 Å². The molecule has 0 unspecified atom stereocenters. The first-order valence-corrected chi connectivity index (χ1v) is 5.20. The Balaban J connectivity index is 3.05. The average molecular weight is 275 g/mol. The fourth-order valence-electron chi connectivity index (χ4n) is 1.10. The van der Waals surface area contributed by atoms with E-state index in [0.717, 1.165) is 0 Å². The van der Waals surface area contributed by atoms with Gasteiger partial charge in [0.1, 0.15) is 0 Å². The first-order chi connectivity index (χ1) is 5.65. The average Bonchev–Trinajstić information content (AvgIpc) is 2.05. The molecule has 0 aliphatic rings. The van der Waals surface area contributed by atoms with Crippen molar-refractivity contribution >= 4 is 28.6 Å². The molecule has 1 aromatic rings. The Bertz CT molecular complexity index is 269. The summed E-state index contributed by atoms with van der Waals surface area (Å²) in [6, 6.07) is 6.57. The molecule has 1 nitrogen and oxygen atoms in total. The predicted octanol–water partition coefficient (Wildman–Crippen LogP) is 3.88. The first kappa shape index (κ1) is 9.84. The summed E-state index contributed by atoms with van der Waals surface area (Å²) in [6.45, 7) is 6.54. The Morgan fingerprint density at radius 2 is 2.00 bits per heavy atom. The van der Waals surface area contributed by atoms with Crippen LogP contribution < -0.4 is 3.53 Å². The van der Waals surface area contributed by atoms with Gasteiger partial charge in [-0.1, -0.05) is 26.0 Å². The lowest BCUT2D eigenvalue weighted by Crippen LogP contribution is -1.91. The third-order valence-electron chi connectivity index (χ3n) is 2.03. The molecule has 0 saturated carbocycles. The van der Waals surface area contributed by atoms with Crippen molar-refractivity contribution in [1.82, 2.24) is 0 Å². The van der Waals surface area contributed by atoms with Gasteiger partial charge in [0.25, 0.3) is 0 Å². The summed E-state index contributed by atoms with van der Waals surface area (Å²) in [5, 5.41) is 0. The monoisotopic (exact) mass is 275 g/mol. The molecule has 0 atom stereocenters. The van der Waals surface area contributed by atoms with E-state index in [2.05, 4.69) is 65.4 Å². The van der Waals surface area contributed by atoms with E-state index in [-0.39, 0.29) is 0 Å². The Kier molecular flexibility index (Phi) is 3.38. The number of hydrogen-bond donors (Lipinski definition) is 1. The number of rotatable bonds is 2. The molecule has 0 heterocycles. The van der Waals surface area contributed by atoms with Crippen molar-refractivity contribution in [1.29, 1.82) is 0 Å². The zero-order chi connectivity index (χ0) is 9.14. The lowest BCUT2D eigenvalue weighted by atomic mass is 10.0. The quantitative estimate of drug-likeness (QED) is 0.638. The van der Waals surface area contributed by atoms with Crippen LogP contribution in [0.4, 0.5) is 5.69 Å². The van der Waals surface area contributed by atoms with Crippen LogP contribution in [-0.4, -0.2) is 0 Å². The fraction of sp³-hybridized carbons (Fsp3) is 0.400. The van der Waals surface area contributed by atoms with Crippen LogP contribution in [-0.2, 0) is 0 Å². The Hall–Kier alpha value is -0.250. The highest BCUT2D eigenvalue weighted by Gasteiger charge is 2.01. The Morgan fingerprint density at radius 3 is 2.50 bits per heavy atom. The summed E-state index contributed by atoms with van der Waals surface area (Å²) in [5.41, 5.74) is 3.91. The number of nitrogens with one attached hydrogen (secondary N) is 1. The van der Waals surface area contributed by atoms with E-state index < -0.39 is 0 Å². The molecule has 66 valence electrons. The first-order valence-electron chi connectivity index (χ1n) is 4.12. The molecule has 0 spiro atoms. The molecule has 1 N–H and O–H groups in total. The molecule has 0 fully saturated rings. The van der Waals surface area contributed by atoms with Crippen LogP contribution in [0.3, 0.4) is 0 Å². The molecule has 2 heteroatoms. The fourth-order valence-corrected chi connectivity index (χ4v) is 1.68. The van der Waals surface area contributed by atoms with E-state index in [1.807, 2.05) is 0 Å². The van der Waals surface area contributed by atoms with Gasteiger partial charge < -0.3 is 3.53 Å². The van der Waals surface area contributed by atoms with Gasteiger partial charge in [-0.3, -0.25) is 0 Å². The van der Waals surface area contributed by atoms with Gasteiger partial charge in [0.15, 0.2) is 0 Å². The van der Waals surface area contributed by atoms with Crippen molar-refractivity contribution in [3.8, 4) is 0 Å². The summed E-state index contributed by atoms with van der Waals surface area (Å²) < 4.78 is 3.16. The van der Waals surface area contributed by atoms with Gasteiger partial charge in [0, 0.05) is 5.69 Å². The van der Waals surface area contributed by atoms with E-state index in [4.69, 9.17) is 0 Å². The summed E-state index contributed by atoms with van der Waals surface area (Å²) in [4.78, 5) is 0. The van der Waals surface area contributed by atoms with E-state index in [9.17, 15) is 0 Å². The Labute approximate surface area is 88.1 Å². The molecular formula is C10H14IN. The molecular weight excluding hydrogens is 261 g/mol. The molecule has 1 rings (SSSR count). The van der Waals surface area contributed by atoms with E-state index in [1.165, 1.54) is 16.8 Å². The molecule has 0 aliphatic carbocycles. The minimum Gasteiger partial charge on any atom is -0.328 e. The van der Waals surface area contributed by atoms with E-state index >= 15 is 0 Å². The standard InChI is InChI=1S/C10H14IN/c1-7(2)9-5-4-8(3)10(6-9)12-11/h4-7,12H,1-3H3. The largest absolute Gasteiger partial charge is 0.328 e. The van der Waals surface area contributed by atoms with Gasteiger partial charge in [0.2, 0.25) is 0 Å².